The predicted octanol–water partition coefficient (Wildman–Crippen LogP) is 0.626. The molecule has 0 saturated carbocycles. The van der Waals surface area contributed by atoms with Crippen molar-refractivity contribution in [2.24, 2.45) is 0 Å². The molecule has 1 rings (SSSR count). The van der Waals surface area contributed by atoms with Crippen molar-refractivity contribution in [1.82, 2.24) is 15.1 Å². The molecule has 1 aromatic rings. The number of nitrogens with one attached hydrogen (secondary N) is 1. The summed E-state index contributed by atoms with van der Waals surface area (Å²) in [4.78, 5) is 0. The molecule has 3 nitrogen and oxygen atoms in total. The molecule has 0 fully saturated rings. The van der Waals surface area contributed by atoms with E-state index in [9.17, 15) is 0 Å². The fourth-order valence-corrected chi connectivity index (χ4v) is 0.927. The number of hydrogen-bond acceptors (Lipinski definition) is 2. The molecule has 0 unspecified atom stereocenters. The maximum Gasteiger partial charge on any atom is 0.102 e. The van der Waals surface area contributed by atoms with Crippen LogP contribution in [0.4, 0.5) is 0 Å². The van der Waals surface area contributed by atoms with E-state index in [0.717, 1.165) is 12.2 Å². The van der Waals surface area contributed by atoms with E-state index in [1.54, 1.807) is 0 Å². The minimum absolute atomic E-state index is 0.681. The molecule has 0 amide bonds. The summed E-state index contributed by atoms with van der Waals surface area (Å²) in [6, 6.07) is 1.99. The molecule has 0 aliphatic heterocycles. The first-order chi connectivity index (χ1) is 5.86. The van der Waals surface area contributed by atoms with Crippen LogP contribution in [0.15, 0.2) is 12.3 Å². The normalized spacial score (nSPS) is 9.17. The van der Waals surface area contributed by atoms with E-state index < -0.39 is 0 Å². The zero-order chi connectivity index (χ0) is 8.81. The molecule has 1 heterocycles. The zero-order valence-electron chi connectivity index (χ0n) is 7.46. The Labute approximate surface area is 72.8 Å². The summed E-state index contributed by atoms with van der Waals surface area (Å²) in [5.74, 6) is 5.78. The molecule has 1 aromatic heterocycles. The SMILES string of the molecule is CC#CCn1ccc(CNC)n1. The summed E-state index contributed by atoms with van der Waals surface area (Å²) in [6.45, 7) is 3.32. The van der Waals surface area contributed by atoms with Gasteiger partial charge in [-0.15, -0.1) is 5.92 Å². The quantitative estimate of drug-likeness (QED) is 0.662. The van der Waals surface area contributed by atoms with E-state index in [-0.39, 0.29) is 0 Å². The number of nitrogens with zero attached hydrogens (tertiary/aromatic N) is 2. The van der Waals surface area contributed by atoms with Gasteiger partial charge in [0, 0.05) is 12.7 Å². The molecule has 0 aliphatic rings. The molecule has 0 radical (unpaired) electrons. The molecule has 0 aromatic carbocycles. The van der Waals surface area contributed by atoms with Crippen molar-refractivity contribution in [1.29, 1.82) is 0 Å². The Morgan fingerprint density at radius 1 is 1.67 bits per heavy atom. The molecule has 12 heavy (non-hydrogen) atoms. The third kappa shape index (κ3) is 2.40. The highest BCUT2D eigenvalue weighted by atomic mass is 15.3. The first-order valence-electron chi connectivity index (χ1n) is 3.93. The van der Waals surface area contributed by atoms with Crippen molar-refractivity contribution < 1.29 is 0 Å². The van der Waals surface area contributed by atoms with Gasteiger partial charge in [-0.1, -0.05) is 5.92 Å². The minimum atomic E-state index is 0.681. The van der Waals surface area contributed by atoms with Gasteiger partial charge in [0.05, 0.1) is 5.69 Å². The maximum absolute atomic E-state index is 4.29. The van der Waals surface area contributed by atoms with E-state index in [1.165, 1.54) is 0 Å². The Morgan fingerprint density at radius 2 is 2.50 bits per heavy atom. The highest BCUT2D eigenvalue weighted by Crippen LogP contribution is 1.93. The van der Waals surface area contributed by atoms with Gasteiger partial charge in [-0.2, -0.15) is 5.10 Å². The monoisotopic (exact) mass is 163 g/mol. The minimum Gasteiger partial charge on any atom is -0.314 e. The Morgan fingerprint density at radius 3 is 3.17 bits per heavy atom. The fourth-order valence-electron chi connectivity index (χ4n) is 0.927. The molecule has 0 saturated heterocycles. The molecule has 0 atom stereocenters. The number of rotatable bonds is 3. The molecule has 3 heteroatoms. The third-order valence-electron chi connectivity index (χ3n) is 1.47. The smallest absolute Gasteiger partial charge is 0.102 e. The highest BCUT2D eigenvalue weighted by molar-refractivity contribution is 5.01. The Balaban J connectivity index is 2.55. The van der Waals surface area contributed by atoms with Crippen LogP contribution in [0.2, 0.25) is 0 Å². The van der Waals surface area contributed by atoms with Crippen molar-refractivity contribution in [3.63, 3.8) is 0 Å². The molecular formula is C9H13N3. The van der Waals surface area contributed by atoms with E-state index in [0.29, 0.717) is 6.54 Å². The second-order valence-corrected chi connectivity index (χ2v) is 2.46. The van der Waals surface area contributed by atoms with Gasteiger partial charge in [-0.25, -0.2) is 0 Å². The Hall–Kier alpha value is -1.27. The second-order valence-electron chi connectivity index (χ2n) is 2.46. The van der Waals surface area contributed by atoms with Crippen LogP contribution in [0, 0.1) is 11.8 Å². The molecule has 0 spiro atoms. The topological polar surface area (TPSA) is 29.9 Å². The van der Waals surface area contributed by atoms with Gasteiger partial charge in [0.15, 0.2) is 0 Å². The predicted molar refractivity (Wildman–Crippen MR) is 48.4 cm³/mol. The summed E-state index contributed by atoms with van der Waals surface area (Å²) >= 11 is 0. The lowest BCUT2D eigenvalue weighted by atomic mass is 10.4. The lowest BCUT2D eigenvalue weighted by molar-refractivity contribution is 0.679. The van der Waals surface area contributed by atoms with Gasteiger partial charge in [0.1, 0.15) is 6.54 Å². The average molecular weight is 163 g/mol. The lowest BCUT2D eigenvalue weighted by Gasteiger charge is -1.93. The third-order valence-corrected chi connectivity index (χ3v) is 1.47. The second kappa shape index (κ2) is 4.58. The van der Waals surface area contributed by atoms with Crippen LogP contribution in [0.3, 0.4) is 0 Å². The van der Waals surface area contributed by atoms with Crippen LogP contribution in [-0.2, 0) is 13.1 Å². The maximum atomic E-state index is 4.29. The summed E-state index contributed by atoms with van der Waals surface area (Å²) in [5.41, 5.74) is 1.05. The van der Waals surface area contributed by atoms with E-state index in [2.05, 4.69) is 22.3 Å². The van der Waals surface area contributed by atoms with Gasteiger partial charge in [-0.3, -0.25) is 4.68 Å². The van der Waals surface area contributed by atoms with Gasteiger partial charge in [0.25, 0.3) is 0 Å². The van der Waals surface area contributed by atoms with Gasteiger partial charge in [0.2, 0.25) is 0 Å². The lowest BCUT2D eigenvalue weighted by Crippen LogP contribution is -2.06. The molecule has 0 aliphatic carbocycles. The van der Waals surface area contributed by atoms with E-state index >= 15 is 0 Å². The van der Waals surface area contributed by atoms with Crippen molar-refractivity contribution in [3.05, 3.63) is 18.0 Å². The van der Waals surface area contributed by atoms with Crippen molar-refractivity contribution in [2.75, 3.05) is 7.05 Å². The Kier molecular flexibility index (Phi) is 3.36. The van der Waals surface area contributed by atoms with Gasteiger partial charge >= 0.3 is 0 Å². The van der Waals surface area contributed by atoms with Gasteiger partial charge < -0.3 is 5.32 Å². The standard InChI is InChI=1S/C9H13N3/c1-3-4-6-12-7-5-9(11-12)8-10-2/h5,7,10H,6,8H2,1-2H3. The Bertz CT molecular complexity index is 290. The van der Waals surface area contributed by atoms with Crippen molar-refractivity contribution in [3.8, 4) is 11.8 Å². The molecule has 0 bridgehead atoms. The van der Waals surface area contributed by atoms with Crippen LogP contribution >= 0.6 is 0 Å². The van der Waals surface area contributed by atoms with Crippen LogP contribution in [-0.4, -0.2) is 16.8 Å². The van der Waals surface area contributed by atoms with Crippen molar-refractivity contribution in [2.45, 2.75) is 20.0 Å². The van der Waals surface area contributed by atoms with Crippen LogP contribution < -0.4 is 5.32 Å². The zero-order valence-corrected chi connectivity index (χ0v) is 7.46. The first kappa shape index (κ1) is 8.82. The number of hydrogen-bond donors (Lipinski definition) is 1. The number of aromatic nitrogens is 2. The van der Waals surface area contributed by atoms with Crippen LogP contribution in [0.25, 0.3) is 0 Å². The van der Waals surface area contributed by atoms with E-state index in [4.69, 9.17) is 0 Å². The summed E-state index contributed by atoms with van der Waals surface area (Å²) in [6.07, 6.45) is 1.94. The highest BCUT2D eigenvalue weighted by Gasteiger charge is 1.94. The summed E-state index contributed by atoms with van der Waals surface area (Å²) < 4.78 is 1.84. The first-order valence-corrected chi connectivity index (χ1v) is 3.93. The van der Waals surface area contributed by atoms with Crippen molar-refractivity contribution >= 4 is 0 Å². The van der Waals surface area contributed by atoms with Crippen LogP contribution in [0.1, 0.15) is 12.6 Å². The largest absolute Gasteiger partial charge is 0.314 e. The molecule has 1 N–H and O–H groups in total. The molecular weight excluding hydrogens is 150 g/mol. The van der Waals surface area contributed by atoms with E-state index in [1.807, 2.05) is 30.9 Å². The van der Waals surface area contributed by atoms with Gasteiger partial charge in [-0.05, 0) is 20.0 Å². The fraction of sp³-hybridized carbons (Fsp3) is 0.444. The van der Waals surface area contributed by atoms with Crippen LogP contribution in [0.5, 0.6) is 0 Å². The summed E-state index contributed by atoms with van der Waals surface area (Å²) in [5, 5.41) is 7.33. The average Bonchev–Trinajstić information content (AvgIpc) is 2.50. The molecule has 64 valence electrons. The summed E-state index contributed by atoms with van der Waals surface area (Å²) in [7, 11) is 1.91.